The molecule has 7 nitrogen and oxygen atoms in total. The van der Waals surface area contributed by atoms with Crippen molar-refractivity contribution >= 4 is 11.5 Å². The number of aromatic nitrogens is 5. The lowest BCUT2D eigenvalue weighted by atomic mass is 10.1. The van der Waals surface area contributed by atoms with Gasteiger partial charge in [0, 0.05) is 26.3 Å². The van der Waals surface area contributed by atoms with Crippen molar-refractivity contribution in [1.29, 1.82) is 0 Å². The van der Waals surface area contributed by atoms with Crippen molar-refractivity contribution in [2.45, 2.75) is 32.7 Å². The molecule has 0 amide bonds. The molecule has 0 radical (unpaired) electrons. The predicted molar refractivity (Wildman–Crippen MR) is 74.8 cm³/mol. The number of nitrogens with one attached hydrogen (secondary N) is 1. The first-order chi connectivity index (χ1) is 9.09. The fraction of sp³-hybridized carbons (Fsp3) is 0.583. The highest BCUT2D eigenvalue weighted by Crippen LogP contribution is 2.27. The van der Waals surface area contributed by atoms with Crippen LogP contribution in [0.15, 0.2) is 12.4 Å². The van der Waals surface area contributed by atoms with Gasteiger partial charge in [-0.25, -0.2) is 0 Å². The van der Waals surface area contributed by atoms with E-state index in [1.165, 1.54) is 0 Å². The molecule has 2 rings (SSSR count). The van der Waals surface area contributed by atoms with Crippen LogP contribution in [-0.4, -0.2) is 31.3 Å². The van der Waals surface area contributed by atoms with E-state index in [2.05, 4.69) is 34.6 Å². The second-order valence-electron chi connectivity index (χ2n) is 4.87. The second kappa shape index (κ2) is 5.73. The highest BCUT2D eigenvalue weighted by Gasteiger charge is 2.15. The van der Waals surface area contributed by atoms with Crippen LogP contribution >= 0.6 is 0 Å². The van der Waals surface area contributed by atoms with Crippen molar-refractivity contribution in [1.82, 2.24) is 24.8 Å². The Labute approximate surface area is 112 Å². The van der Waals surface area contributed by atoms with E-state index < -0.39 is 0 Å². The Kier molecular flexibility index (Phi) is 4.03. The quantitative estimate of drug-likeness (QED) is 0.765. The van der Waals surface area contributed by atoms with Crippen LogP contribution in [0.5, 0.6) is 0 Å². The molecule has 0 bridgehead atoms. The molecule has 0 spiro atoms. The van der Waals surface area contributed by atoms with Crippen molar-refractivity contribution in [3.63, 3.8) is 0 Å². The van der Waals surface area contributed by atoms with Gasteiger partial charge in [-0.15, -0.1) is 5.10 Å². The summed E-state index contributed by atoms with van der Waals surface area (Å²) in [5.41, 5.74) is 7.80. The van der Waals surface area contributed by atoms with Crippen LogP contribution in [0.25, 0.3) is 0 Å². The second-order valence-corrected chi connectivity index (χ2v) is 4.87. The van der Waals surface area contributed by atoms with Crippen molar-refractivity contribution in [3.8, 4) is 0 Å². The highest BCUT2D eigenvalue weighted by molar-refractivity contribution is 5.65. The maximum Gasteiger partial charge on any atom is 0.147 e. The van der Waals surface area contributed by atoms with Gasteiger partial charge in [0.1, 0.15) is 5.82 Å². The fourth-order valence-corrected chi connectivity index (χ4v) is 2.00. The van der Waals surface area contributed by atoms with Crippen molar-refractivity contribution in [2.75, 3.05) is 17.6 Å². The Morgan fingerprint density at radius 3 is 2.79 bits per heavy atom. The van der Waals surface area contributed by atoms with Gasteiger partial charge in [0.15, 0.2) is 0 Å². The summed E-state index contributed by atoms with van der Waals surface area (Å²) < 4.78 is 3.62. The van der Waals surface area contributed by atoms with Gasteiger partial charge in [0.25, 0.3) is 0 Å². The molecule has 3 N–H and O–H groups in total. The molecule has 0 fully saturated rings. The lowest BCUT2D eigenvalue weighted by Gasteiger charge is -2.07. The molecule has 0 saturated carbocycles. The molecule has 7 heteroatoms. The normalized spacial score (nSPS) is 11.2. The molecular formula is C12H21N7. The van der Waals surface area contributed by atoms with E-state index in [0.29, 0.717) is 5.92 Å². The van der Waals surface area contributed by atoms with Gasteiger partial charge >= 0.3 is 0 Å². The molecule has 0 aliphatic rings. The maximum absolute atomic E-state index is 6.11. The third-order valence-electron chi connectivity index (χ3n) is 2.99. The van der Waals surface area contributed by atoms with E-state index in [4.69, 9.17) is 5.73 Å². The Morgan fingerprint density at radius 2 is 2.21 bits per heavy atom. The lowest BCUT2D eigenvalue weighted by Crippen LogP contribution is -2.10. The smallest absolute Gasteiger partial charge is 0.147 e. The Morgan fingerprint density at radius 1 is 1.42 bits per heavy atom. The van der Waals surface area contributed by atoms with Crippen LogP contribution in [-0.2, 0) is 13.6 Å². The molecular weight excluding hydrogens is 242 g/mol. The molecule has 0 atom stereocenters. The average Bonchev–Trinajstić information content (AvgIpc) is 2.96. The Hall–Kier alpha value is -2.05. The molecule has 2 aromatic rings. The number of nitrogen functional groups attached to an aromatic ring is 1. The molecule has 0 saturated heterocycles. The van der Waals surface area contributed by atoms with Gasteiger partial charge in [0.05, 0.1) is 17.6 Å². The molecule has 2 heterocycles. The topological polar surface area (TPSA) is 86.6 Å². The molecule has 0 aliphatic carbocycles. The molecule has 2 aromatic heterocycles. The third-order valence-corrected chi connectivity index (χ3v) is 2.99. The number of nitrogens with zero attached hydrogens (tertiary/aromatic N) is 5. The number of aryl methyl sites for hydroxylation is 2. The van der Waals surface area contributed by atoms with Crippen LogP contribution in [0.2, 0.25) is 0 Å². The molecule has 19 heavy (non-hydrogen) atoms. The minimum Gasteiger partial charge on any atom is -0.394 e. The first-order valence-corrected chi connectivity index (χ1v) is 6.50. The summed E-state index contributed by atoms with van der Waals surface area (Å²) in [5, 5.41) is 15.5. The van der Waals surface area contributed by atoms with E-state index in [9.17, 15) is 0 Å². The van der Waals surface area contributed by atoms with Crippen molar-refractivity contribution in [3.05, 3.63) is 18.1 Å². The van der Waals surface area contributed by atoms with E-state index in [0.717, 1.165) is 36.7 Å². The van der Waals surface area contributed by atoms with E-state index in [1.54, 1.807) is 10.9 Å². The minimum atomic E-state index is 0.330. The van der Waals surface area contributed by atoms with Crippen LogP contribution in [0.1, 0.15) is 31.9 Å². The van der Waals surface area contributed by atoms with Crippen LogP contribution in [0.3, 0.4) is 0 Å². The average molecular weight is 263 g/mol. The maximum atomic E-state index is 6.11. The van der Waals surface area contributed by atoms with Gasteiger partial charge in [-0.05, 0) is 12.3 Å². The Bertz CT molecular complexity index is 512. The van der Waals surface area contributed by atoms with Crippen LogP contribution < -0.4 is 11.1 Å². The monoisotopic (exact) mass is 263 g/mol. The number of rotatable bonds is 6. The summed E-state index contributed by atoms with van der Waals surface area (Å²) in [4.78, 5) is 0. The largest absolute Gasteiger partial charge is 0.394 e. The first-order valence-electron chi connectivity index (χ1n) is 6.50. The van der Waals surface area contributed by atoms with Gasteiger partial charge in [-0.1, -0.05) is 19.1 Å². The van der Waals surface area contributed by atoms with Crippen molar-refractivity contribution < 1.29 is 0 Å². The number of anilines is 2. The zero-order valence-corrected chi connectivity index (χ0v) is 11.7. The molecule has 0 unspecified atom stereocenters. The zero-order chi connectivity index (χ0) is 13.8. The summed E-state index contributed by atoms with van der Waals surface area (Å²) in [6.07, 6.45) is 4.49. The van der Waals surface area contributed by atoms with E-state index in [-0.39, 0.29) is 0 Å². The van der Waals surface area contributed by atoms with Gasteiger partial charge in [-0.3, -0.25) is 9.36 Å². The van der Waals surface area contributed by atoms with Gasteiger partial charge in [0.2, 0.25) is 0 Å². The van der Waals surface area contributed by atoms with Crippen LogP contribution in [0.4, 0.5) is 11.5 Å². The van der Waals surface area contributed by atoms with Gasteiger partial charge < -0.3 is 11.1 Å². The number of hydrogen-bond donors (Lipinski definition) is 2. The standard InChI is InChI=1S/C12H21N7/c1-9(2)11-10(13)12(18(3)16-11)14-5-4-7-19-8-6-15-17-19/h6,8-9,14H,4-5,7,13H2,1-3H3. The summed E-state index contributed by atoms with van der Waals surface area (Å²) >= 11 is 0. The van der Waals surface area contributed by atoms with Gasteiger partial charge in [-0.2, -0.15) is 5.10 Å². The minimum absolute atomic E-state index is 0.330. The Balaban J connectivity index is 1.89. The molecule has 0 aliphatic heterocycles. The molecule has 0 aromatic carbocycles. The first kappa shape index (κ1) is 13.4. The summed E-state index contributed by atoms with van der Waals surface area (Å²) in [6.45, 7) is 5.84. The highest BCUT2D eigenvalue weighted by atomic mass is 15.4. The lowest BCUT2D eigenvalue weighted by molar-refractivity contribution is 0.568. The SMILES string of the molecule is CC(C)c1nn(C)c(NCCCn2ccnn2)c1N. The fourth-order valence-electron chi connectivity index (χ4n) is 2.00. The van der Waals surface area contributed by atoms with E-state index in [1.807, 2.05) is 17.9 Å². The van der Waals surface area contributed by atoms with Crippen LogP contribution in [0, 0.1) is 0 Å². The number of hydrogen-bond acceptors (Lipinski definition) is 5. The number of nitrogens with two attached hydrogens (primary N) is 1. The summed E-state index contributed by atoms with van der Waals surface area (Å²) in [6, 6.07) is 0. The summed E-state index contributed by atoms with van der Waals surface area (Å²) in [7, 11) is 1.90. The van der Waals surface area contributed by atoms with E-state index >= 15 is 0 Å². The molecule has 104 valence electrons. The zero-order valence-electron chi connectivity index (χ0n) is 11.7. The summed E-state index contributed by atoms with van der Waals surface area (Å²) in [5.74, 6) is 1.22. The predicted octanol–water partition coefficient (Wildman–Crippen LogP) is 1.22. The van der Waals surface area contributed by atoms with Crippen molar-refractivity contribution in [2.24, 2.45) is 7.05 Å². The third kappa shape index (κ3) is 3.04.